The highest BCUT2D eigenvalue weighted by Gasteiger charge is 2.34. The zero-order valence-electron chi connectivity index (χ0n) is 10.1. The summed E-state index contributed by atoms with van der Waals surface area (Å²) in [4.78, 5) is 13.4. The molecule has 0 unspecified atom stereocenters. The highest BCUT2D eigenvalue weighted by Crippen LogP contribution is 2.25. The summed E-state index contributed by atoms with van der Waals surface area (Å²) in [7, 11) is 0. The maximum atomic E-state index is 11.7. The number of carbonyl (C=O) groups is 1. The molecule has 0 saturated carbocycles. The highest BCUT2D eigenvalue weighted by molar-refractivity contribution is 9.09. The van der Waals surface area contributed by atoms with Crippen molar-refractivity contribution >= 4 is 22.0 Å². The third-order valence-electron chi connectivity index (χ3n) is 2.59. The Morgan fingerprint density at radius 2 is 1.94 bits per heavy atom. The summed E-state index contributed by atoms with van der Waals surface area (Å²) in [5.41, 5.74) is -1.13. The van der Waals surface area contributed by atoms with Crippen LogP contribution in [-0.4, -0.2) is 45.7 Å². The maximum absolute atomic E-state index is 11.7. The number of hydrogen-bond acceptors (Lipinski definition) is 3. The standard InChI is InChI=1S/C11H20BrNO3/c1-10(2,3)16-9(14)13-6-4-11(15,8-12)5-7-13/h15H,4-8H2,1-3H3. The number of aliphatic hydroxyl groups is 1. The van der Waals surface area contributed by atoms with Crippen LogP contribution in [0.5, 0.6) is 0 Å². The molecule has 1 fully saturated rings. The summed E-state index contributed by atoms with van der Waals surface area (Å²) in [6, 6.07) is 0. The summed E-state index contributed by atoms with van der Waals surface area (Å²) in [5.74, 6) is 0. The first-order chi connectivity index (χ1) is 7.26. The van der Waals surface area contributed by atoms with Gasteiger partial charge in [-0.3, -0.25) is 0 Å². The average molecular weight is 294 g/mol. The Hall–Kier alpha value is -0.290. The van der Waals surface area contributed by atoms with E-state index in [0.717, 1.165) is 0 Å². The topological polar surface area (TPSA) is 49.8 Å². The van der Waals surface area contributed by atoms with Gasteiger partial charge in [0.15, 0.2) is 0 Å². The number of carbonyl (C=O) groups excluding carboxylic acids is 1. The molecule has 1 rings (SSSR count). The van der Waals surface area contributed by atoms with Gasteiger partial charge in [0.2, 0.25) is 0 Å². The Morgan fingerprint density at radius 3 is 2.31 bits per heavy atom. The molecule has 1 saturated heterocycles. The molecule has 1 amide bonds. The first kappa shape index (κ1) is 13.8. The fourth-order valence-corrected chi connectivity index (χ4v) is 2.13. The number of hydrogen-bond donors (Lipinski definition) is 1. The fraction of sp³-hybridized carbons (Fsp3) is 0.909. The fourth-order valence-electron chi connectivity index (χ4n) is 1.57. The van der Waals surface area contributed by atoms with Gasteiger partial charge in [0.05, 0.1) is 5.60 Å². The van der Waals surface area contributed by atoms with Crippen molar-refractivity contribution in [1.82, 2.24) is 4.90 Å². The zero-order chi connectivity index (χ0) is 12.4. The number of rotatable bonds is 1. The van der Waals surface area contributed by atoms with Crippen molar-refractivity contribution in [2.75, 3.05) is 18.4 Å². The molecular formula is C11H20BrNO3. The van der Waals surface area contributed by atoms with E-state index in [2.05, 4.69) is 15.9 Å². The molecule has 1 heterocycles. The van der Waals surface area contributed by atoms with Gasteiger partial charge in [0, 0.05) is 18.4 Å². The van der Waals surface area contributed by atoms with E-state index in [1.54, 1.807) is 4.90 Å². The quantitative estimate of drug-likeness (QED) is 0.754. The Morgan fingerprint density at radius 1 is 1.44 bits per heavy atom. The first-order valence-corrected chi connectivity index (χ1v) is 6.64. The van der Waals surface area contributed by atoms with Crippen LogP contribution in [0.15, 0.2) is 0 Å². The first-order valence-electron chi connectivity index (χ1n) is 5.52. The van der Waals surface area contributed by atoms with Crippen molar-refractivity contribution in [2.45, 2.75) is 44.8 Å². The Kier molecular flexibility index (Phi) is 4.23. The molecular weight excluding hydrogens is 274 g/mol. The predicted octanol–water partition coefficient (Wildman–Crippen LogP) is 2.14. The lowest BCUT2D eigenvalue weighted by Crippen LogP contribution is -2.48. The molecule has 5 heteroatoms. The lowest BCUT2D eigenvalue weighted by molar-refractivity contribution is -0.0185. The third-order valence-corrected chi connectivity index (χ3v) is 3.64. The Balaban J connectivity index is 2.45. The minimum atomic E-state index is -0.668. The molecule has 0 atom stereocenters. The third kappa shape index (κ3) is 3.94. The number of piperidine rings is 1. The van der Waals surface area contributed by atoms with Crippen LogP contribution < -0.4 is 0 Å². The summed E-state index contributed by atoms with van der Waals surface area (Å²) in [6.07, 6.45) is 0.902. The lowest BCUT2D eigenvalue weighted by atomic mass is 9.94. The number of likely N-dealkylation sites (tertiary alicyclic amines) is 1. The van der Waals surface area contributed by atoms with E-state index < -0.39 is 11.2 Å². The van der Waals surface area contributed by atoms with Crippen LogP contribution in [0.25, 0.3) is 0 Å². The molecule has 1 aliphatic heterocycles. The number of amides is 1. The van der Waals surface area contributed by atoms with Crippen molar-refractivity contribution in [3.63, 3.8) is 0 Å². The van der Waals surface area contributed by atoms with E-state index in [-0.39, 0.29) is 6.09 Å². The zero-order valence-corrected chi connectivity index (χ0v) is 11.7. The second kappa shape index (κ2) is 4.92. The predicted molar refractivity (Wildman–Crippen MR) is 65.8 cm³/mol. The second-order valence-corrected chi connectivity index (χ2v) is 5.89. The average Bonchev–Trinajstić information content (AvgIpc) is 2.16. The summed E-state index contributed by atoms with van der Waals surface area (Å²) >= 11 is 3.29. The monoisotopic (exact) mass is 293 g/mol. The van der Waals surface area contributed by atoms with Crippen LogP contribution in [-0.2, 0) is 4.74 Å². The lowest BCUT2D eigenvalue weighted by Gasteiger charge is -2.37. The molecule has 0 radical (unpaired) electrons. The molecule has 16 heavy (non-hydrogen) atoms. The van der Waals surface area contributed by atoms with E-state index in [9.17, 15) is 9.90 Å². The van der Waals surface area contributed by atoms with E-state index >= 15 is 0 Å². The van der Waals surface area contributed by atoms with Crippen LogP contribution in [0.2, 0.25) is 0 Å². The van der Waals surface area contributed by atoms with Gasteiger partial charge in [-0.15, -0.1) is 0 Å². The van der Waals surface area contributed by atoms with Gasteiger partial charge in [0.25, 0.3) is 0 Å². The number of nitrogens with zero attached hydrogens (tertiary/aromatic N) is 1. The summed E-state index contributed by atoms with van der Waals surface area (Å²) in [5, 5.41) is 10.5. The van der Waals surface area contributed by atoms with Crippen LogP contribution in [0.4, 0.5) is 4.79 Å². The van der Waals surface area contributed by atoms with Gasteiger partial charge in [-0.05, 0) is 33.6 Å². The van der Waals surface area contributed by atoms with E-state index in [4.69, 9.17) is 4.74 Å². The van der Waals surface area contributed by atoms with E-state index in [1.807, 2.05) is 20.8 Å². The molecule has 94 valence electrons. The van der Waals surface area contributed by atoms with Crippen molar-refractivity contribution in [3.8, 4) is 0 Å². The van der Waals surface area contributed by atoms with Gasteiger partial charge in [-0.2, -0.15) is 0 Å². The summed E-state index contributed by atoms with van der Waals surface area (Å²) in [6.45, 7) is 6.66. The SMILES string of the molecule is CC(C)(C)OC(=O)N1CCC(O)(CBr)CC1. The van der Waals surface area contributed by atoms with Crippen molar-refractivity contribution in [2.24, 2.45) is 0 Å². The van der Waals surface area contributed by atoms with Crippen molar-refractivity contribution in [3.05, 3.63) is 0 Å². The smallest absolute Gasteiger partial charge is 0.410 e. The minimum Gasteiger partial charge on any atom is -0.444 e. The van der Waals surface area contributed by atoms with Gasteiger partial charge in [-0.1, -0.05) is 15.9 Å². The Labute approximate surface area is 105 Å². The normalized spacial score (nSPS) is 20.7. The number of ether oxygens (including phenoxy) is 1. The largest absolute Gasteiger partial charge is 0.444 e. The summed E-state index contributed by atoms with van der Waals surface area (Å²) < 4.78 is 5.27. The molecule has 0 bridgehead atoms. The molecule has 0 spiro atoms. The van der Waals surface area contributed by atoms with Crippen LogP contribution in [0, 0.1) is 0 Å². The minimum absolute atomic E-state index is 0.288. The second-order valence-electron chi connectivity index (χ2n) is 5.33. The maximum Gasteiger partial charge on any atom is 0.410 e. The molecule has 4 nitrogen and oxygen atoms in total. The highest BCUT2D eigenvalue weighted by atomic mass is 79.9. The van der Waals surface area contributed by atoms with Crippen LogP contribution in [0.3, 0.4) is 0 Å². The Bertz CT molecular complexity index is 254. The molecule has 1 N–H and O–H groups in total. The van der Waals surface area contributed by atoms with Gasteiger partial charge in [0.1, 0.15) is 5.60 Å². The van der Waals surface area contributed by atoms with Crippen LogP contribution in [0.1, 0.15) is 33.6 Å². The van der Waals surface area contributed by atoms with Crippen LogP contribution >= 0.6 is 15.9 Å². The molecule has 1 aliphatic rings. The van der Waals surface area contributed by atoms with Gasteiger partial charge < -0.3 is 14.7 Å². The van der Waals surface area contributed by atoms with E-state index in [1.165, 1.54) is 0 Å². The number of halogens is 1. The molecule has 0 aromatic carbocycles. The van der Waals surface area contributed by atoms with Gasteiger partial charge >= 0.3 is 6.09 Å². The van der Waals surface area contributed by atoms with Gasteiger partial charge in [-0.25, -0.2) is 4.79 Å². The molecule has 0 aromatic heterocycles. The molecule has 0 aromatic rings. The number of alkyl halides is 1. The molecule has 0 aliphatic carbocycles. The van der Waals surface area contributed by atoms with Crippen molar-refractivity contribution < 1.29 is 14.6 Å². The van der Waals surface area contributed by atoms with Crippen molar-refractivity contribution in [1.29, 1.82) is 0 Å². The van der Waals surface area contributed by atoms with E-state index in [0.29, 0.717) is 31.3 Å².